The van der Waals surface area contributed by atoms with Gasteiger partial charge in [-0.25, -0.2) is 4.98 Å². The molecule has 6 nitrogen and oxygen atoms in total. The standard InChI is InChI=1S/C24H26ClN3O3/c1-17(13-18-5-3-2-4-6-18)22(29)27-11-9-24(31,10-12-27)15-28-16-26-21-14-19(25)7-8-20(21)23(28)30/h2-8,14,16-17,31H,9-13,15H2,1H3/t17-/m1/s1. The minimum atomic E-state index is -1.05. The van der Waals surface area contributed by atoms with Gasteiger partial charge in [-0.15, -0.1) is 0 Å². The third-order valence-corrected chi connectivity index (χ3v) is 6.30. The Kier molecular flexibility index (Phi) is 6.12. The van der Waals surface area contributed by atoms with Crippen molar-refractivity contribution in [2.45, 2.75) is 38.3 Å². The third-order valence-electron chi connectivity index (χ3n) is 6.06. The lowest BCUT2D eigenvalue weighted by atomic mass is 9.90. The molecule has 0 unspecified atom stereocenters. The SMILES string of the molecule is C[C@H](Cc1ccccc1)C(=O)N1CCC(O)(Cn2cnc3cc(Cl)ccc3c2=O)CC1. The Bertz CT molecular complexity index is 1140. The predicted molar refractivity (Wildman–Crippen MR) is 121 cm³/mol. The first-order chi connectivity index (χ1) is 14.8. The molecule has 1 N–H and O–H groups in total. The quantitative estimate of drug-likeness (QED) is 0.662. The van der Waals surface area contributed by atoms with Crippen LogP contribution in [0.25, 0.3) is 10.9 Å². The number of nitrogens with zero attached hydrogens (tertiary/aromatic N) is 3. The molecule has 31 heavy (non-hydrogen) atoms. The van der Waals surface area contributed by atoms with Gasteiger partial charge in [0, 0.05) is 24.0 Å². The van der Waals surface area contributed by atoms with Crippen LogP contribution < -0.4 is 5.56 Å². The zero-order valence-electron chi connectivity index (χ0n) is 17.5. The summed E-state index contributed by atoms with van der Waals surface area (Å²) >= 11 is 5.97. The van der Waals surface area contributed by atoms with Gasteiger partial charge in [0.2, 0.25) is 5.91 Å². The summed E-state index contributed by atoms with van der Waals surface area (Å²) in [6.45, 7) is 3.04. The fraction of sp³-hybridized carbons (Fsp3) is 0.375. The van der Waals surface area contributed by atoms with E-state index in [-0.39, 0.29) is 23.9 Å². The number of aromatic nitrogens is 2. The van der Waals surface area contributed by atoms with E-state index in [1.807, 2.05) is 42.2 Å². The third kappa shape index (κ3) is 4.81. The molecule has 2 aromatic carbocycles. The van der Waals surface area contributed by atoms with Crippen LogP contribution in [-0.4, -0.2) is 44.2 Å². The number of aliphatic hydroxyl groups is 1. The van der Waals surface area contributed by atoms with Gasteiger partial charge in [-0.2, -0.15) is 0 Å². The van der Waals surface area contributed by atoms with E-state index in [2.05, 4.69) is 4.98 Å². The van der Waals surface area contributed by atoms with Gasteiger partial charge in [0.05, 0.1) is 29.4 Å². The van der Waals surface area contributed by atoms with Gasteiger partial charge in [0.25, 0.3) is 5.56 Å². The molecule has 0 saturated carbocycles. The van der Waals surface area contributed by atoms with Crippen LogP contribution in [0, 0.1) is 5.92 Å². The maximum Gasteiger partial charge on any atom is 0.261 e. The maximum atomic E-state index is 12.9. The van der Waals surface area contributed by atoms with Crippen LogP contribution in [0.3, 0.4) is 0 Å². The van der Waals surface area contributed by atoms with Crippen LogP contribution in [0.2, 0.25) is 5.02 Å². The molecule has 1 fully saturated rings. The molecule has 7 heteroatoms. The topological polar surface area (TPSA) is 75.4 Å². The summed E-state index contributed by atoms with van der Waals surface area (Å²) in [7, 11) is 0. The van der Waals surface area contributed by atoms with Crippen molar-refractivity contribution in [3.05, 3.63) is 75.8 Å². The van der Waals surface area contributed by atoms with Crippen LogP contribution in [0.4, 0.5) is 0 Å². The van der Waals surface area contributed by atoms with Crippen molar-refractivity contribution in [3.8, 4) is 0 Å². The van der Waals surface area contributed by atoms with E-state index in [1.165, 1.54) is 10.9 Å². The molecular formula is C24H26ClN3O3. The lowest BCUT2D eigenvalue weighted by Gasteiger charge is -2.39. The summed E-state index contributed by atoms with van der Waals surface area (Å²) in [6.07, 6.45) is 2.99. The molecule has 1 saturated heterocycles. The van der Waals surface area contributed by atoms with Gasteiger partial charge in [-0.3, -0.25) is 14.2 Å². The Balaban J connectivity index is 1.40. The van der Waals surface area contributed by atoms with E-state index >= 15 is 0 Å². The number of piperidine rings is 1. The molecule has 1 aliphatic heterocycles. The average Bonchev–Trinajstić information content (AvgIpc) is 2.76. The normalized spacial score (nSPS) is 16.9. The molecule has 1 atom stereocenters. The van der Waals surface area contributed by atoms with Crippen LogP contribution in [0.15, 0.2) is 59.7 Å². The molecule has 1 aromatic heterocycles. The lowest BCUT2D eigenvalue weighted by Crippen LogP contribution is -2.50. The van der Waals surface area contributed by atoms with Crippen molar-refractivity contribution in [2.24, 2.45) is 5.92 Å². The molecular weight excluding hydrogens is 414 g/mol. The predicted octanol–water partition coefficient (Wildman–Crippen LogP) is 3.28. The summed E-state index contributed by atoms with van der Waals surface area (Å²) in [6, 6.07) is 14.9. The highest BCUT2D eigenvalue weighted by Gasteiger charge is 2.35. The minimum Gasteiger partial charge on any atom is -0.388 e. The number of hydrogen-bond acceptors (Lipinski definition) is 4. The molecule has 0 bridgehead atoms. The van der Waals surface area contributed by atoms with E-state index < -0.39 is 5.60 Å². The molecule has 162 valence electrons. The molecule has 4 rings (SSSR count). The highest BCUT2D eigenvalue weighted by molar-refractivity contribution is 6.31. The van der Waals surface area contributed by atoms with Crippen LogP contribution in [-0.2, 0) is 17.8 Å². The summed E-state index contributed by atoms with van der Waals surface area (Å²) in [4.78, 5) is 31.8. The Morgan fingerprint density at radius 1 is 1.19 bits per heavy atom. The van der Waals surface area contributed by atoms with Crippen molar-refractivity contribution in [3.63, 3.8) is 0 Å². The number of likely N-dealkylation sites (tertiary alicyclic amines) is 1. The number of fused-ring (bicyclic) bond motifs is 1. The van der Waals surface area contributed by atoms with Crippen molar-refractivity contribution in [1.29, 1.82) is 0 Å². The Labute approximate surface area is 186 Å². The molecule has 3 aromatic rings. The summed E-state index contributed by atoms with van der Waals surface area (Å²) < 4.78 is 1.45. The smallest absolute Gasteiger partial charge is 0.261 e. The number of halogens is 1. The van der Waals surface area contributed by atoms with Crippen LogP contribution in [0.1, 0.15) is 25.3 Å². The molecule has 2 heterocycles. The Morgan fingerprint density at radius 2 is 1.90 bits per heavy atom. The largest absolute Gasteiger partial charge is 0.388 e. The van der Waals surface area contributed by atoms with Gasteiger partial charge in [0.15, 0.2) is 0 Å². The first kappa shape index (κ1) is 21.5. The Hall–Kier alpha value is -2.70. The van der Waals surface area contributed by atoms with Gasteiger partial charge < -0.3 is 10.0 Å². The number of carbonyl (C=O) groups excluding carboxylic acids is 1. The summed E-state index contributed by atoms with van der Waals surface area (Å²) in [5, 5.41) is 12.1. The van der Waals surface area contributed by atoms with Crippen LogP contribution in [0.5, 0.6) is 0 Å². The zero-order chi connectivity index (χ0) is 22.0. The second-order valence-corrected chi connectivity index (χ2v) is 8.92. The summed E-state index contributed by atoms with van der Waals surface area (Å²) in [5.74, 6) is -0.0138. The number of amides is 1. The van der Waals surface area contributed by atoms with Gasteiger partial charge in [0.1, 0.15) is 0 Å². The van der Waals surface area contributed by atoms with Crippen molar-refractivity contribution in [1.82, 2.24) is 14.5 Å². The number of carbonyl (C=O) groups is 1. The lowest BCUT2D eigenvalue weighted by molar-refractivity contribution is -0.139. The van der Waals surface area contributed by atoms with E-state index in [0.717, 1.165) is 5.56 Å². The molecule has 0 aliphatic carbocycles. The van der Waals surface area contributed by atoms with E-state index in [1.54, 1.807) is 18.2 Å². The van der Waals surface area contributed by atoms with Crippen LogP contribution >= 0.6 is 11.6 Å². The molecule has 1 amide bonds. The second kappa shape index (κ2) is 8.81. The highest BCUT2D eigenvalue weighted by atomic mass is 35.5. The summed E-state index contributed by atoms with van der Waals surface area (Å²) in [5.41, 5.74) is 0.422. The van der Waals surface area contributed by atoms with Gasteiger partial charge in [-0.05, 0) is 43.0 Å². The molecule has 0 spiro atoms. The number of rotatable bonds is 5. The monoisotopic (exact) mass is 439 g/mol. The fourth-order valence-corrected chi connectivity index (χ4v) is 4.40. The fourth-order valence-electron chi connectivity index (χ4n) is 4.23. The number of hydrogen-bond donors (Lipinski definition) is 1. The Morgan fingerprint density at radius 3 is 2.61 bits per heavy atom. The second-order valence-electron chi connectivity index (χ2n) is 8.48. The van der Waals surface area contributed by atoms with Gasteiger partial charge >= 0.3 is 0 Å². The first-order valence-electron chi connectivity index (χ1n) is 10.5. The zero-order valence-corrected chi connectivity index (χ0v) is 18.3. The van der Waals surface area contributed by atoms with Crippen molar-refractivity contribution >= 4 is 28.4 Å². The minimum absolute atomic E-state index is 0.104. The van der Waals surface area contributed by atoms with Crippen molar-refractivity contribution in [2.75, 3.05) is 13.1 Å². The molecule has 1 aliphatic rings. The number of benzene rings is 2. The van der Waals surface area contributed by atoms with E-state index in [9.17, 15) is 14.7 Å². The average molecular weight is 440 g/mol. The van der Waals surface area contributed by atoms with E-state index in [4.69, 9.17) is 11.6 Å². The molecule has 0 radical (unpaired) electrons. The van der Waals surface area contributed by atoms with Crippen molar-refractivity contribution < 1.29 is 9.90 Å². The maximum absolute atomic E-state index is 12.9. The highest BCUT2D eigenvalue weighted by Crippen LogP contribution is 2.25. The van der Waals surface area contributed by atoms with E-state index in [0.29, 0.717) is 48.3 Å². The first-order valence-corrected chi connectivity index (χ1v) is 10.9. The van der Waals surface area contributed by atoms with Gasteiger partial charge in [-0.1, -0.05) is 48.9 Å².